The van der Waals surface area contributed by atoms with Gasteiger partial charge < -0.3 is 0 Å². The molecule has 0 aliphatic carbocycles. The molecule has 23 valence electrons. The second kappa shape index (κ2) is 13.9. The molecule has 0 saturated carbocycles. The van der Waals surface area contributed by atoms with Gasteiger partial charge in [-0.1, -0.05) is 0 Å². The van der Waals surface area contributed by atoms with Crippen LogP contribution in [0.3, 0.4) is 0 Å². The van der Waals surface area contributed by atoms with Crippen LogP contribution < -0.4 is 0 Å². The molecule has 3 heteroatoms. The van der Waals surface area contributed by atoms with Crippen molar-refractivity contribution < 1.29 is 8.42 Å². The maximum absolute atomic E-state index is 8.29. The lowest BCUT2D eigenvalue weighted by Crippen LogP contribution is -1.18. The summed E-state index contributed by atoms with van der Waals surface area (Å²) in [5.74, 6) is 0. The largest absolute Gasteiger partial charge is 0.335 e. The SMILES string of the molecule is O=S=O.[CH]. The zero-order valence-corrected chi connectivity index (χ0v) is 2.62. The van der Waals surface area contributed by atoms with Gasteiger partial charge in [-0.3, -0.25) is 0 Å². The summed E-state index contributed by atoms with van der Waals surface area (Å²) in [4.78, 5) is 0. The molecule has 0 aliphatic rings. The Bertz CT molecular complexity index is 27.0. The van der Waals surface area contributed by atoms with E-state index in [1.807, 2.05) is 0 Å². The maximum Gasteiger partial charge on any atom is 0.335 e. The summed E-state index contributed by atoms with van der Waals surface area (Å²) in [6.07, 6.45) is 0. The highest BCUT2D eigenvalue weighted by molar-refractivity contribution is 7.51. The molecule has 0 spiro atoms. The van der Waals surface area contributed by atoms with Crippen molar-refractivity contribution in [2.75, 3.05) is 0 Å². The third-order valence-electron chi connectivity index (χ3n) is 0. The number of rotatable bonds is 0. The van der Waals surface area contributed by atoms with E-state index in [2.05, 4.69) is 0 Å². The van der Waals surface area contributed by atoms with Crippen molar-refractivity contribution in [1.29, 1.82) is 0 Å². The molecule has 0 bridgehead atoms. The van der Waals surface area contributed by atoms with Gasteiger partial charge in [-0.2, -0.15) is 8.42 Å². The lowest BCUT2D eigenvalue weighted by Gasteiger charge is -0.947. The molecule has 0 aliphatic heterocycles. The fourth-order valence-electron chi connectivity index (χ4n) is 0. The van der Waals surface area contributed by atoms with Crippen LogP contribution >= 0.6 is 0 Å². The monoisotopic (exact) mass is 77.0 g/mol. The third-order valence-corrected chi connectivity index (χ3v) is 0. The van der Waals surface area contributed by atoms with Crippen molar-refractivity contribution in [3.63, 3.8) is 0 Å². The second-order valence-electron chi connectivity index (χ2n) is 0.0680. The summed E-state index contributed by atoms with van der Waals surface area (Å²) in [6.45, 7) is 0. The fourth-order valence-corrected chi connectivity index (χ4v) is 0. The van der Waals surface area contributed by atoms with E-state index in [4.69, 9.17) is 8.42 Å². The van der Waals surface area contributed by atoms with E-state index < -0.39 is 11.6 Å². The van der Waals surface area contributed by atoms with Crippen LogP contribution in [0.1, 0.15) is 0 Å². The van der Waals surface area contributed by atoms with Crippen molar-refractivity contribution in [3.8, 4) is 0 Å². The fraction of sp³-hybridized carbons (Fsp3) is 0. The summed E-state index contributed by atoms with van der Waals surface area (Å²) in [7, 11) is 0. The van der Waals surface area contributed by atoms with Crippen LogP contribution in [0.2, 0.25) is 0 Å². The summed E-state index contributed by atoms with van der Waals surface area (Å²) in [5, 5.41) is 0. The van der Waals surface area contributed by atoms with E-state index in [1.54, 1.807) is 0 Å². The second-order valence-corrected chi connectivity index (χ2v) is 0.204. The molecule has 4 heavy (non-hydrogen) atoms. The Morgan fingerprint density at radius 2 is 1.25 bits per heavy atom. The van der Waals surface area contributed by atoms with Gasteiger partial charge in [-0.15, -0.1) is 0 Å². The molecule has 0 atom stereocenters. The van der Waals surface area contributed by atoms with Crippen LogP contribution in [-0.2, 0) is 11.6 Å². The predicted molar refractivity (Wildman–Crippen MR) is 13.2 cm³/mol. The Morgan fingerprint density at radius 1 is 1.25 bits per heavy atom. The minimum absolute atomic E-state index is 0. The van der Waals surface area contributed by atoms with E-state index in [0.29, 0.717) is 0 Å². The van der Waals surface area contributed by atoms with Crippen molar-refractivity contribution in [2.45, 2.75) is 0 Å². The van der Waals surface area contributed by atoms with Crippen molar-refractivity contribution >= 4 is 11.6 Å². The lowest BCUT2D eigenvalue weighted by molar-refractivity contribution is 0.630. The van der Waals surface area contributed by atoms with Gasteiger partial charge >= 0.3 is 11.6 Å². The quantitative estimate of drug-likeness (QED) is 0.392. The van der Waals surface area contributed by atoms with E-state index in [0.717, 1.165) is 0 Å². The van der Waals surface area contributed by atoms with Crippen LogP contribution in [0.5, 0.6) is 0 Å². The summed E-state index contributed by atoms with van der Waals surface area (Å²) < 4.78 is 16.6. The Hall–Kier alpha value is -0.180. The molecular formula is CHO2S. The van der Waals surface area contributed by atoms with Crippen molar-refractivity contribution in [1.82, 2.24) is 0 Å². The van der Waals surface area contributed by atoms with Crippen molar-refractivity contribution in [3.05, 3.63) is 7.43 Å². The Kier molecular flexibility index (Phi) is 31.9. The van der Waals surface area contributed by atoms with Gasteiger partial charge in [0.2, 0.25) is 0 Å². The molecule has 0 amide bonds. The van der Waals surface area contributed by atoms with Gasteiger partial charge in [-0.25, -0.2) is 0 Å². The zero-order valence-electron chi connectivity index (χ0n) is 1.80. The first-order valence-corrected chi connectivity index (χ1v) is 1.00. The zero-order chi connectivity index (χ0) is 2.71. The van der Waals surface area contributed by atoms with Gasteiger partial charge in [-0.05, 0) is 7.43 Å². The standard InChI is InChI=1S/CH.O2S/c;1-3-2/h1H;. The molecule has 0 unspecified atom stereocenters. The molecule has 0 fully saturated rings. The highest BCUT2D eigenvalue weighted by Gasteiger charge is 1.12. The Morgan fingerprint density at radius 3 is 1.25 bits per heavy atom. The van der Waals surface area contributed by atoms with Gasteiger partial charge in [0.05, 0.1) is 0 Å². The predicted octanol–water partition coefficient (Wildman–Crippen LogP) is -0.466. The van der Waals surface area contributed by atoms with Crippen LogP contribution in [0.4, 0.5) is 0 Å². The molecular weight excluding hydrogens is 76.1 g/mol. The highest BCUT2D eigenvalue weighted by Crippen LogP contribution is 0.846. The number of hydrogen-bond acceptors (Lipinski definition) is 2. The first-order chi connectivity index (χ1) is 1.41. The third kappa shape index (κ3) is 37.8. The average molecular weight is 77.1 g/mol. The number of hydrogen-bond donors (Lipinski definition) is 0. The van der Waals surface area contributed by atoms with Gasteiger partial charge in [0, 0.05) is 0 Å². The van der Waals surface area contributed by atoms with E-state index >= 15 is 0 Å². The Balaban J connectivity index is 0. The molecule has 3 radical (unpaired) electrons. The minimum Gasteiger partial charge on any atom is -0.168 e. The smallest absolute Gasteiger partial charge is 0.168 e. The normalized spacial score (nSPS) is 3.00. The maximum atomic E-state index is 8.29. The molecule has 0 saturated heterocycles. The summed E-state index contributed by atoms with van der Waals surface area (Å²) in [6, 6.07) is 0. The summed E-state index contributed by atoms with van der Waals surface area (Å²) in [5.41, 5.74) is 0. The first kappa shape index (κ1) is 9.17. The van der Waals surface area contributed by atoms with Crippen molar-refractivity contribution in [2.24, 2.45) is 0 Å². The van der Waals surface area contributed by atoms with Crippen LogP contribution in [-0.4, -0.2) is 8.42 Å². The molecule has 0 N–H and O–H groups in total. The van der Waals surface area contributed by atoms with Crippen LogP contribution in [0.25, 0.3) is 0 Å². The van der Waals surface area contributed by atoms with Crippen LogP contribution in [0.15, 0.2) is 0 Å². The lowest BCUT2D eigenvalue weighted by atomic mass is 12.0. The molecule has 0 aromatic carbocycles. The minimum atomic E-state index is -0.750. The summed E-state index contributed by atoms with van der Waals surface area (Å²) >= 11 is -0.750. The molecule has 0 aromatic heterocycles. The van der Waals surface area contributed by atoms with E-state index in [-0.39, 0.29) is 7.43 Å². The van der Waals surface area contributed by atoms with Gasteiger partial charge in [0.15, 0.2) is 0 Å². The van der Waals surface area contributed by atoms with Gasteiger partial charge in [0.25, 0.3) is 0 Å². The highest BCUT2D eigenvalue weighted by atomic mass is 32.1. The molecule has 0 aromatic rings. The molecule has 0 rings (SSSR count). The molecule has 0 heterocycles. The van der Waals surface area contributed by atoms with Gasteiger partial charge in [0.1, 0.15) is 0 Å². The van der Waals surface area contributed by atoms with Crippen LogP contribution in [0, 0.1) is 7.43 Å². The first-order valence-electron chi connectivity index (χ1n) is 0.333. The van der Waals surface area contributed by atoms with E-state index in [1.165, 1.54) is 0 Å². The topological polar surface area (TPSA) is 34.1 Å². The van der Waals surface area contributed by atoms with E-state index in [9.17, 15) is 0 Å². The Labute approximate surface area is 28.4 Å². The molecule has 2 nitrogen and oxygen atoms in total. The average Bonchev–Trinajstić information content (AvgIpc) is 0.918.